The molecule has 0 spiro atoms. The van der Waals surface area contributed by atoms with Gasteiger partial charge in [0.15, 0.2) is 5.78 Å². The number of carbonyl (C=O) groups excluding carboxylic acids is 2. The molecule has 0 aromatic heterocycles. The zero-order valence-electron chi connectivity index (χ0n) is 15.5. The molecule has 4 heteroatoms. The molecule has 1 saturated carbocycles. The van der Waals surface area contributed by atoms with Crippen molar-refractivity contribution in [1.29, 1.82) is 0 Å². The molecule has 1 saturated heterocycles. The first kappa shape index (κ1) is 18.8. The molecule has 140 valence electrons. The van der Waals surface area contributed by atoms with Crippen LogP contribution in [0.3, 0.4) is 0 Å². The molecule has 1 atom stereocenters. The lowest BCUT2D eigenvalue weighted by atomic mass is 9.84. The van der Waals surface area contributed by atoms with Crippen molar-refractivity contribution in [2.75, 3.05) is 19.6 Å². The second kappa shape index (κ2) is 9.67. The molecule has 4 nitrogen and oxygen atoms in total. The summed E-state index contributed by atoms with van der Waals surface area (Å²) in [7, 11) is 0. The standard InChI is InChI=1S/C22H30N2O2/c25-21(12-13-22(26)24-16-17-5-4-14-23-15-17)20-10-8-19(9-11-20)18-6-2-1-3-7-18/h8-13,17-18,23H,1-7,14-16H2,(H,24,26)/b13-12+. The second-order valence-electron chi connectivity index (χ2n) is 7.61. The molecule has 1 aliphatic heterocycles. The number of carbonyl (C=O) groups is 2. The first-order valence-electron chi connectivity index (χ1n) is 10.0. The van der Waals surface area contributed by atoms with Crippen molar-refractivity contribution >= 4 is 11.7 Å². The molecule has 0 bridgehead atoms. The van der Waals surface area contributed by atoms with Gasteiger partial charge in [0.05, 0.1) is 0 Å². The van der Waals surface area contributed by atoms with Gasteiger partial charge in [-0.1, -0.05) is 43.5 Å². The summed E-state index contributed by atoms with van der Waals surface area (Å²) in [4.78, 5) is 24.2. The molecule has 2 fully saturated rings. The van der Waals surface area contributed by atoms with Crippen LogP contribution in [0.1, 0.15) is 66.8 Å². The average molecular weight is 354 g/mol. The van der Waals surface area contributed by atoms with Gasteiger partial charge in [-0.15, -0.1) is 0 Å². The van der Waals surface area contributed by atoms with Crippen LogP contribution in [0.5, 0.6) is 0 Å². The van der Waals surface area contributed by atoms with Crippen LogP contribution in [-0.2, 0) is 4.79 Å². The molecule has 2 N–H and O–H groups in total. The monoisotopic (exact) mass is 354 g/mol. The number of benzene rings is 1. The Bertz CT molecular complexity index is 624. The zero-order chi connectivity index (χ0) is 18.2. The zero-order valence-corrected chi connectivity index (χ0v) is 15.5. The number of piperidine rings is 1. The second-order valence-corrected chi connectivity index (χ2v) is 7.61. The maximum absolute atomic E-state index is 12.3. The van der Waals surface area contributed by atoms with Crippen molar-refractivity contribution in [2.24, 2.45) is 5.92 Å². The van der Waals surface area contributed by atoms with Crippen LogP contribution in [0, 0.1) is 5.92 Å². The van der Waals surface area contributed by atoms with Crippen LogP contribution < -0.4 is 10.6 Å². The fourth-order valence-corrected chi connectivity index (χ4v) is 4.01. The molecule has 1 heterocycles. The molecule has 3 rings (SSSR count). The van der Waals surface area contributed by atoms with E-state index in [1.54, 1.807) is 0 Å². The highest BCUT2D eigenvalue weighted by molar-refractivity contribution is 6.07. The third-order valence-corrected chi connectivity index (χ3v) is 5.62. The summed E-state index contributed by atoms with van der Waals surface area (Å²) in [6.07, 6.45) is 11.5. The van der Waals surface area contributed by atoms with Gasteiger partial charge in [-0.3, -0.25) is 9.59 Å². The predicted molar refractivity (Wildman–Crippen MR) is 104 cm³/mol. The smallest absolute Gasteiger partial charge is 0.244 e. The number of ketones is 1. The summed E-state index contributed by atoms with van der Waals surface area (Å²) in [5.41, 5.74) is 1.98. The Morgan fingerprint density at radius 2 is 1.77 bits per heavy atom. The lowest BCUT2D eigenvalue weighted by Gasteiger charge is -2.22. The molecule has 1 amide bonds. The molecular weight excluding hydrogens is 324 g/mol. The Kier molecular flexibility index (Phi) is 7.01. The molecule has 1 aromatic rings. The van der Waals surface area contributed by atoms with Crippen molar-refractivity contribution in [1.82, 2.24) is 10.6 Å². The van der Waals surface area contributed by atoms with Gasteiger partial charge >= 0.3 is 0 Å². The summed E-state index contributed by atoms with van der Waals surface area (Å²) in [6.45, 7) is 2.69. The summed E-state index contributed by atoms with van der Waals surface area (Å²) < 4.78 is 0. The third-order valence-electron chi connectivity index (χ3n) is 5.62. The molecule has 1 unspecified atom stereocenters. The molecule has 26 heavy (non-hydrogen) atoms. The summed E-state index contributed by atoms with van der Waals surface area (Å²) in [6, 6.07) is 7.94. The maximum atomic E-state index is 12.3. The molecular formula is C22H30N2O2. The van der Waals surface area contributed by atoms with Crippen LogP contribution in [0.4, 0.5) is 0 Å². The van der Waals surface area contributed by atoms with Gasteiger partial charge in [-0.2, -0.15) is 0 Å². The fourth-order valence-electron chi connectivity index (χ4n) is 4.01. The van der Waals surface area contributed by atoms with Crippen LogP contribution >= 0.6 is 0 Å². The van der Waals surface area contributed by atoms with E-state index in [9.17, 15) is 9.59 Å². The Morgan fingerprint density at radius 3 is 2.46 bits per heavy atom. The van der Waals surface area contributed by atoms with Crippen LogP contribution in [0.15, 0.2) is 36.4 Å². The van der Waals surface area contributed by atoms with E-state index in [-0.39, 0.29) is 11.7 Å². The van der Waals surface area contributed by atoms with Crippen LogP contribution in [0.25, 0.3) is 0 Å². The Morgan fingerprint density at radius 1 is 1.00 bits per heavy atom. The lowest BCUT2D eigenvalue weighted by molar-refractivity contribution is -0.116. The van der Waals surface area contributed by atoms with Gasteiger partial charge in [0.2, 0.25) is 5.91 Å². The topological polar surface area (TPSA) is 58.2 Å². The summed E-state index contributed by atoms with van der Waals surface area (Å²) in [5, 5.41) is 6.23. The van der Waals surface area contributed by atoms with Crippen molar-refractivity contribution in [2.45, 2.75) is 50.9 Å². The number of rotatable bonds is 6. The average Bonchev–Trinajstić information content (AvgIpc) is 2.72. The highest BCUT2D eigenvalue weighted by atomic mass is 16.1. The first-order chi connectivity index (χ1) is 12.7. The van der Waals surface area contributed by atoms with Gasteiger partial charge in [-0.25, -0.2) is 0 Å². The number of amides is 1. The molecule has 1 aromatic carbocycles. The minimum absolute atomic E-state index is 0.116. The molecule has 2 aliphatic rings. The quantitative estimate of drug-likeness (QED) is 0.606. The Labute approximate surface area is 156 Å². The van der Waals surface area contributed by atoms with Crippen LogP contribution in [0.2, 0.25) is 0 Å². The van der Waals surface area contributed by atoms with Gasteiger partial charge < -0.3 is 10.6 Å². The Balaban J connectivity index is 1.47. The van der Waals surface area contributed by atoms with Gasteiger partial charge in [-0.05, 0) is 62.2 Å². The van der Waals surface area contributed by atoms with Crippen molar-refractivity contribution < 1.29 is 9.59 Å². The largest absolute Gasteiger partial charge is 0.352 e. The van der Waals surface area contributed by atoms with Crippen molar-refractivity contribution in [3.63, 3.8) is 0 Å². The molecule has 0 radical (unpaired) electrons. The fraction of sp³-hybridized carbons (Fsp3) is 0.545. The van der Waals surface area contributed by atoms with Crippen molar-refractivity contribution in [3.8, 4) is 0 Å². The van der Waals surface area contributed by atoms with E-state index < -0.39 is 0 Å². The minimum atomic E-state index is -0.192. The summed E-state index contributed by atoms with van der Waals surface area (Å²) >= 11 is 0. The maximum Gasteiger partial charge on any atom is 0.244 e. The van der Waals surface area contributed by atoms with E-state index in [2.05, 4.69) is 22.8 Å². The first-order valence-corrected chi connectivity index (χ1v) is 10.0. The minimum Gasteiger partial charge on any atom is -0.352 e. The van der Waals surface area contributed by atoms with Gasteiger partial charge in [0.25, 0.3) is 0 Å². The SMILES string of the molecule is O=C(/C=C/C(=O)c1ccc(C2CCCCC2)cc1)NCC1CCCNC1. The highest BCUT2D eigenvalue weighted by Gasteiger charge is 2.16. The number of nitrogens with one attached hydrogen (secondary N) is 2. The van der Waals surface area contributed by atoms with E-state index in [1.807, 2.05) is 12.1 Å². The lowest BCUT2D eigenvalue weighted by Crippen LogP contribution is -2.37. The van der Waals surface area contributed by atoms with Gasteiger partial charge in [0.1, 0.15) is 0 Å². The van der Waals surface area contributed by atoms with Gasteiger partial charge in [0, 0.05) is 18.2 Å². The van der Waals surface area contributed by atoms with E-state index in [0.29, 0.717) is 23.9 Å². The highest BCUT2D eigenvalue weighted by Crippen LogP contribution is 2.32. The third kappa shape index (κ3) is 5.53. The van der Waals surface area contributed by atoms with E-state index in [1.165, 1.54) is 49.8 Å². The Hall–Kier alpha value is -1.94. The van der Waals surface area contributed by atoms with E-state index in [4.69, 9.17) is 0 Å². The number of hydrogen-bond acceptors (Lipinski definition) is 3. The van der Waals surface area contributed by atoms with E-state index in [0.717, 1.165) is 25.9 Å². The molecule has 1 aliphatic carbocycles. The normalized spacial score (nSPS) is 21.6. The van der Waals surface area contributed by atoms with Crippen molar-refractivity contribution in [3.05, 3.63) is 47.5 Å². The van der Waals surface area contributed by atoms with Crippen LogP contribution in [-0.4, -0.2) is 31.3 Å². The predicted octanol–water partition coefficient (Wildman–Crippen LogP) is 3.59. The van der Waals surface area contributed by atoms with E-state index >= 15 is 0 Å². The summed E-state index contributed by atoms with van der Waals surface area (Å²) in [5.74, 6) is 0.824. The number of hydrogen-bond donors (Lipinski definition) is 2. The number of allylic oxidation sites excluding steroid dienone is 1.